The summed E-state index contributed by atoms with van der Waals surface area (Å²) in [4.78, 5) is 15.2. The van der Waals surface area contributed by atoms with Crippen molar-refractivity contribution in [3.05, 3.63) is 47.0 Å². The van der Waals surface area contributed by atoms with Crippen molar-refractivity contribution in [1.82, 2.24) is 19.7 Å². The highest BCUT2D eigenvalue weighted by Crippen LogP contribution is 2.33. The van der Waals surface area contributed by atoms with Crippen LogP contribution in [0.5, 0.6) is 0 Å². The standard InChI is InChI=1S/C20H26N4O2/c1-26-14-15-7-5-8-16(13-15)20(25)23-12-6-9-17(23)19-22-21-18-10-3-2-4-11-24(18)19/h5,7-8,13,17H,2-4,6,9-12,14H2,1H3. The maximum atomic E-state index is 13.2. The van der Waals surface area contributed by atoms with Crippen molar-refractivity contribution in [3.63, 3.8) is 0 Å². The number of hydrogen-bond acceptors (Lipinski definition) is 4. The van der Waals surface area contributed by atoms with Gasteiger partial charge in [0.25, 0.3) is 5.91 Å². The summed E-state index contributed by atoms with van der Waals surface area (Å²) >= 11 is 0. The maximum Gasteiger partial charge on any atom is 0.254 e. The number of amides is 1. The Labute approximate surface area is 154 Å². The molecule has 2 aliphatic rings. The molecule has 6 nitrogen and oxygen atoms in total. The smallest absolute Gasteiger partial charge is 0.254 e. The second-order valence-corrected chi connectivity index (χ2v) is 7.23. The molecule has 4 rings (SSSR count). The van der Waals surface area contributed by atoms with Crippen LogP contribution in [0.25, 0.3) is 0 Å². The number of aryl methyl sites for hydroxylation is 1. The van der Waals surface area contributed by atoms with Crippen LogP contribution >= 0.6 is 0 Å². The molecule has 2 aromatic rings. The van der Waals surface area contributed by atoms with Gasteiger partial charge in [0, 0.05) is 32.2 Å². The number of benzene rings is 1. The second kappa shape index (κ2) is 7.58. The molecule has 3 heterocycles. The molecule has 1 unspecified atom stereocenters. The van der Waals surface area contributed by atoms with Gasteiger partial charge in [-0.25, -0.2) is 0 Å². The Balaban J connectivity index is 1.60. The quantitative estimate of drug-likeness (QED) is 0.846. The lowest BCUT2D eigenvalue weighted by molar-refractivity contribution is 0.0726. The van der Waals surface area contributed by atoms with E-state index in [1.165, 1.54) is 12.8 Å². The number of likely N-dealkylation sites (tertiary alicyclic amines) is 1. The molecule has 1 saturated heterocycles. The van der Waals surface area contributed by atoms with E-state index in [0.717, 1.165) is 61.5 Å². The molecule has 138 valence electrons. The fourth-order valence-electron chi connectivity index (χ4n) is 4.16. The molecule has 0 bridgehead atoms. The summed E-state index contributed by atoms with van der Waals surface area (Å²) < 4.78 is 7.46. The van der Waals surface area contributed by atoms with E-state index in [1.807, 2.05) is 29.2 Å². The van der Waals surface area contributed by atoms with E-state index in [2.05, 4.69) is 14.8 Å². The summed E-state index contributed by atoms with van der Waals surface area (Å²) in [5.74, 6) is 2.14. The highest BCUT2D eigenvalue weighted by atomic mass is 16.5. The SMILES string of the molecule is COCc1cccc(C(=O)N2CCCC2c2nnc3n2CCCCC3)c1. The summed E-state index contributed by atoms with van der Waals surface area (Å²) in [6.45, 7) is 2.27. The molecule has 0 saturated carbocycles. The van der Waals surface area contributed by atoms with Gasteiger partial charge in [-0.15, -0.1) is 10.2 Å². The van der Waals surface area contributed by atoms with Crippen LogP contribution in [0.3, 0.4) is 0 Å². The number of ether oxygens (including phenoxy) is 1. The predicted octanol–water partition coefficient (Wildman–Crippen LogP) is 3.13. The van der Waals surface area contributed by atoms with Crippen LogP contribution in [0.1, 0.15) is 65.7 Å². The van der Waals surface area contributed by atoms with Crippen molar-refractivity contribution >= 4 is 5.91 Å². The molecule has 0 N–H and O–H groups in total. The van der Waals surface area contributed by atoms with E-state index in [-0.39, 0.29) is 11.9 Å². The molecule has 1 atom stereocenters. The lowest BCUT2D eigenvalue weighted by Crippen LogP contribution is -2.32. The largest absolute Gasteiger partial charge is 0.380 e. The Morgan fingerprint density at radius 2 is 2.12 bits per heavy atom. The van der Waals surface area contributed by atoms with Crippen LogP contribution < -0.4 is 0 Å². The van der Waals surface area contributed by atoms with Gasteiger partial charge in [0.05, 0.1) is 12.6 Å². The first-order chi connectivity index (χ1) is 12.8. The highest BCUT2D eigenvalue weighted by Gasteiger charge is 2.34. The van der Waals surface area contributed by atoms with Crippen molar-refractivity contribution in [2.75, 3.05) is 13.7 Å². The number of methoxy groups -OCH3 is 1. The summed E-state index contributed by atoms with van der Waals surface area (Å²) in [6, 6.07) is 7.77. The Hall–Kier alpha value is -2.21. The lowest BCUT2D eigenvalue weighted by atomic mass is 10.1. The van der Waals surface area contributed by atoms with Crippen molar-refractivity contribution < 1.29 is 9.53 Å². The van der Waals surface area contributed by atoms with Crippen molar-refractivity contribution in [3.8, 4) is 0 Å². The Morgan fingerprint density at radius 1 is 1.19 bits per heavy atom. The average Bonchev–Trinajstić information content (AvgIpc) is 3.22. The second-order valence-electron chi connectivity index (χ2n) is 7.23. The van der Waals surface area contributed by atoms with Gasteiger partial charge in [0.1, 0.15) is 5.82 Å². The van der Waals surface area contributed by atoms with Gasteiger partial charge in [-0.3, -0.25) is 4.79 Å². The van der Waals surface area contributed by atoms with Crippen molar-refractivity contribution in [1.29, 1.82) is 0 Å². The Kier molecular flexibility index (Phi) is 5.02. The van der Waals surface area contributed by atoms with Gasteiger partial charge in [-0.1, -0.05) is 18.6 Å². The van der Waals surface area contributed by atoms with Crippen LogP contribution in [0.2, 0.25) is 0 Å². The molecular formula is C20H26N4O2. The minimum absolute atomic E-state index is 0.0351. The van der Waals surface area contributed by atoms with Crippen LogP contribution in [-0.2, 0) is 24.3 Å². The third kappa shape index (κ3) is 3.26. The third-order valence-corrected chi connectivity index (χ3v) is 5.43. The molecule has 2 aliphatic heterocycles. The molecular weight excluding hydrogens is 328 g/mol. The number of fused-ring (bicyclic) bond motifs is 1. The van der Waals surface area contributed by atoms with E-state index in [9.17, 15) is 4.79 Å². The van der Waals surface area contributed by atoms with Crippen molar-refractivity contribution in [2.45, 2.75) is 57.7 Å². The average molecular weight is 354 g/mol. The number of carbonyl (C=O) groups excluding carboxylic acids is 1. The minimum atomic E-state index is 0.0351. The molecule has 6 heteroatoms. The first-order valence-corrected chi connectivity index (χ1v) is 9.59. The molecule has 1 aromatic carbocycles. The zero-order valence-corrected chi connectivity index (χ0v) is 15.4. The van der Waals surface area contributed by atoms with Gasteiger partial charge >= 0.3 is 0 Å². The molecule has 1 amide bonds. The zero-order chi connectivity index (χ0) is 17.9. The normalized spacial score (nSPS) is 20.0. The minimum Gasteiger partial charge on any atom is -0.380 e. The zero-order valence-electron chi connectivity index (χ0n) is 15.4. The maximum absolute atomic E-state index is 13.2. The van der Waals surface area contributed by atoms with E-state index in [4.69, 9.17) is 4.74 Å². The van der Waals surface area contributed by atoms with Crippen LogP contribution in [0.4, 0.5) is 0 Å². The summed E-state index contributed by atoms with van der Waals surface area (Å²) in [7, 11) is 1.67. The number of carbonyl (C=O) groups is 1. The molecule has 1 aromatic heterocycles. The lowest BCUT2D eigenvalue weighted by Gasteiger charge is -2.25. The third-order valence-electron chi connectivity index (χ3n) is 5.43. The Morgan fingerprint density at radius 3 is 3.00 bits per heavy atom. The molecule has 0 radical (unpaired) electrons. The van der Waals surface area contributed by atoms with Gasteiger partial charge in [0.2, 0.25) is 0 Å². The van der Waals surface area contributed by atoms with Crippen LogP contribution in [-0.4, -0.2) is 39.2 Å². The monoisotopic (exact) mass is 354 g/mol. The van der Waals surface area contributed by atoms with E-state index in [1.54, 1.807) is 7.11 Å². The van der Waals surface area contributed by atoms with Gasteiger partial charge in [0.15, 0.2) is 5.82 Å². The molecule has 0 spiro atoms. The van der Waals surface area contributed by atoms with Crippen LogP contribution in [0.15, 0.2) is 24.3 Å². The van der Waals surface area contributed by atoms with E-state index in [0.29, 0.717) is 6.61 Å². The fourth-order valence-corrected chi connectivity index (χ4v) is 4.16. The predicted molar refractivity (Wildman–Crippen MR) is 97.7 cm³/mol. The van der Waals surface area contributed by atoms with Gasteiger partial charge in [-0.2, -0.15) is 0 Å². The first kappa shape index (κ1) is 17.2. The van der Waals surface area contributed by atoms with Gasteiger partial charge < -0.3 is 14.2 Å². The molecule has 26 heavy (non-hydrogen) atoms. The Bertz CT molecular complexity index is 786. The van der Waals surface area contributed by atoms with E-state index >= 15 is 0 Å². The van der Waals surface area contributed by atoms with Crippen LogP contribution in [0, 0.1) is 0 Å². The molecule has 0 aliphatic carbocycles. The number of hydrogen-bond donors (Lipinski definition) is 0. The first-order valence-electron chi connectivity index (χ1n) is 9.59. The highest BCUT2D eigenvalue weighted by molar-refractivity contribution is 5.94. The van der Waals surface area contributed by atoms with Gasteiger partial charge in [-0.05, 0) is 43.4 Å². The number of nitrogens with zero attached hydrogens (tertiary/aromatic N) is 4. The van der Waals surface area contributed by atoms with Crippen molar-refractivity contribution in [2.24, 2.45) is 0 Å². The topological polar surface area (TPSA) is 60.2 Å². The summed E-state index contributed by atoms with van der Waals surface area (Å²) in [5.41, 5.74) is 1.74. The summed E-state index contributed by atoms with van der Waals surface area (Å²) in [6.07, 6.45) is 6.54. The van der Waals surface area contributed by atoms with E-state index < -0.39 is 0 Å². The molecule has 1 fully saturated rings. The fraction of sp³-hybridized carbons (Fsp3) is 0.550. The number of rotatable bonds is 4. The summed E-state index contributed by atoms with van der Waals surface area (Å²) in [5, 5.41) is 8.92. The number of aromatic nitrogens is 3.